The fourth-order valence-corrected chi connectivity index (χ4v) is 1.82. The Labute approximate surface area is 123 Å². The van der Waals surface area contributed by atoms with Crippen LogP contribution in [-0.2, 0) is 11.4 Å². The van der Waals surface area contributed by atoms with Crippen molar-refractivity contribution in [2.45, 2.75) is 6.61 Å². The first-order valence-corrected chi connectivity index (χ1v) is 6.42. The Morgan fingerprint density at radius 1 is 1.05 bits per heavy atom. The lowest BCUT2D eigenvalue weighted by Gasteiger charge is -2.12. The Kier molecular flexibility index (Phi) is 5.17. The molecular formula is C16H17NO4. The highest BCUT2D eigenvalue weighted by Crippen LogP contribution is 2.28. The van der Waals surface area contributed by atoms with Crippen molar-refractivity contribution in [2.24, 2.45) is 0 Å². The summed E-state index contributed by atoms with van der Waals surface area (Å²) in [6, 6.07) is 14.8. The molecule has 21 heavy (non-hydrogen) atoms. The quantitative estimate of drug-likeness (QED) is 0.830. The van der Waals surface area contributed by atoms with Gasteiger partial charge in [0.1, 0.15) is 6.61 Å². The molecule has 110 valence electrons. The van der Waals surface area contributed by atoms with Gasteiger partial charge in [0.2, 0.25) is 0 Å². The highest BCUT2D eigenvalue weighted by molar-refractivity contribution is 5.94. The van der Waals surface area contributed by atoms with E-state index in [-0.39, 0.29) is 5.91 Å². The topological polar surface area (TPSA) is 56.8 Å². The first-order valence-electron chi connectivity index (χ1n) is 6.42. The van der Waals surface area contributed by atoms with Crippen LogP contribution in [0.5, 0.6) is 11.5 Å². The van der Waals surface area contributed by atoms with Crippen molar-refractivity contribution in [1.82, 2.24) is 5.48 Å². The number of hydrogen-bond donors (Lipinski definition) is 1. The smallest absolute Gasteiger partial charge is 0.274 e. The van der Waals surface area contributed by atoms with E-state index < -0.39 is 0 Å². The first-order chi connectivity index (χ1) is 10.2. The van der Waals surface area contributed by atoms with Crippen LogP contribution in [-0.4, -0.2) is 20.1 Å². The van der Waals surface area contributed by atoms with E-state index in [4.69, 9.17) is 9.47 Å². The van der Waals surface area contributed by atoms with Crippen molar-refractivity contribution >= 4 is 5.91 Å². The molecule has 0 heterocycles. The summed E-state index contributed by atoms with van der Waals surface area (Å²) in [6.45, 7) is 0.431. The molecule has 0 aromatic heterocycles. The molecule has 0 aliphatic rings. The third kappa shape index (κ3) is 3.97. The molecule has 1 amide bonds. The molecule has 0 aliphatic heterocycles. The monoisotopic (exact) mass is 287 g/mol. The molecule has 0 saturated heterocycles. The summed E-state index contributed by atoms with van der Waals surface area (Å²) in [5.41, 5.74) is 3.74. The number of hydroxylamine groups is 1. The van der Waals surface area contributed by atoms with Gasteiger partial charge in [-0.3, -0.25) is 9.63 Å². The minimum absolute atomic E-state index is 0.342. The molecule has 0 atom stereocenters. The minimum atomic E-state index is -0.342. The van der Waals surface area contributed by atoms with Gasteiger partial charge >= 0.3 is 0 Å². The molecular weight excluding hydrogens is 270 g/mol. The second-order valence-electron chi connectivity index (χ2n) is 4.28. The van der Waals surface area contributed by atoms with Crippen LogP contribution in [0.1, 0.15) is 15.9 Å². The maximum atomic E-state index is 11.7. The van der Waals surface area contributed by atoms with Gasteiger partial charge in [-0.25, -0.2) is 5.48 Å². The molecule has 2 aromatic carbocycles. The lowest BCUT2D eigenvalue weighted by atomic mass is 10.2. The Morgan fingerprint density at radius 2 is 1.81 bits per heavy atom. The molecule has 0 spiro atoms. The van der Waals surface area contributed by atoms with Crippen LogP contribution in [0, 0.1) is 0 Å². The third-order valence-corrected chi connectivity index (χ3v) is 2.86. The zero-order chi connectivity index (χ0) is 15.1. The fourth-order valence-electron chi connectivity index (χ4n) is 1.82. The number of ether oxygens (including phenoxy) is 2. The molecule has 5 heteroatoms. The number of amides is 1. The van der Waals surface area contributed by atoms with Crippen LogP contribution in [0.25, 0.3) is 0 Å². The maximum Gasteiger partial charge on any atom is 0.274 e. The second-order valence-corrected chi connectivity index (χ2v) is 4.28. The Hall–Kier alpha value is -2.53. The van der Waals surface area contributed by atoms with Crippen molar-refractivity contribution in [1.29, 1.82) is 0 Å². The second kappa shape index (κ2) is 7.31. The number of carbonyl (C=O) groups is 1. The maximum absolute atomic E-state index is 11.7. The molecule has 2 rings (SSSR count). The van der Waals surface area contributed by atoms with E-state index in [0.717, 1.165) is 5.56 Å². The summed E-state index contributed by atoms with van der Waals surface area (Å²) in [4.78, 5) is 16.3. The first kappa shape index (κ1) is 14.9. The summed E-state index contributed by atoms with van der Waals surface area (Å²) < 4.78 is 11.0. The summed E-state index contributed by atoms with van der Waals surface area (Å²) >= 11 is 0. The summed E-state index contributed by atoms with van der Waals surface area (Å²) in [5, 5.41) is 0. The van der Waals surface area contributed by atoms with E-state index in [9.17, 15) is 4.79 Å². The van der Waals surface area contributed by atoms with Crippen molar-refractivity contribution in [3.05, 3.63) is 59.7 Å². The van der Waals surface area contributed by atoms with Gasteiger partial charge in [-0.1, -0.05) is 30.3 Å². The number of hydrogen-bond acceptors (Lipinski definition) is 4. The average molecular weight is 287 g/mol. The molecule has 2 aromatic rings. The van der Waals surface area contributed by atoms with Crippen LogP contribution in [0.3, 0.4) is 0 Å². The Bertz CT molecular complexity index is 598. The Balaban J connectivity index is 2.11. The van der Waals surface area contributed by atoms with Crippen LogP contribution >= 0.6 is 0 Å². The van der Waals surface area contributed by atoms with Gasteiger partial charge in [-0.15, -0.1) is 0 Å². The predicted octanol–water partition coefficient (Wildman–Crippen LogP) is 2.57. The molecule has 1 N–H and O–H groups in total. The van der Waals surface area contributed by atoms with Gasteiger partial charge in [0.05, 0.1) is 14.2 Å². The minimum Gasteiger partial charge on any atom is -0.493 e. The highest BCUT2D eigenvalue weighted by atomic mass is 16.6. The van der Waals surface area contributed by atoms with Crippen LogP contribution < -0.4 is 15.0 Å². The molecule has 5 nitrogen and oxygen atoms in total. The molecule has 0 unspecified atom stereocenters. The molecule has 0 aliphatic carbocycles. The van der Waals surface area contributed by atoms with Gasteiger partial charge in [0, 0.05) is 5.56 Å². The van der Waals surface area contributed by atoms with Crippen LogP contribution in [0.2, 0.25) is 0 Å². The highest BCUT2D eigenvalue weighted by Gasteiger charge is 2.11. The number of benzene rings is 2. The summed E-state index contributed by atoms with van der Waals surface area (Å²) in [6.07, 6.45) is 0. The van der Waals surface area contributed by atoms with E-state index in [1.54, 1.807) is 18.2 Å². The van der Waals surface area contributed by atoms with Gasteiger partial charge in [0.15, 0.2) is 11.5 Å². The molecule has 0 radical (unpaired) electrons. The largest absolute Gasteiger partial charge is 0.493 e. The lowest BCUT2D eigenvalue weighted by Crippen LogP contribution is -2.21. The van der Waals surface area contributed by atoms with Crippen molar-refractivity contribution in [3.8, 4) is 11.5 Å². The number of carbonyl (C=O) groups excluding carboxylic acids is 1. The lowest BCUT2D eigenvalue weighted by molar-refractivity contribution is 0.0537. The normalized spacial score (nSPS) is 10.0. The van der Waals surface area contributed by atoms with Gasteiger partial charge in [-0.05, 0) is 23.8 Å². The van der Waals surface area contributed by atoms with Crippen LogP contribution in [0.15, 0.2) is 48.5 Å². The van der Waals surface area contributed by atoms with E-state index in [0.29, 0.717) is 23.7 Å². The molecule has 0 saturated carbocycles. The Morgan fingerprint density at radius 3 is 2.48 bits per heavy atom. The van der Waals surface area contributed by atoms with Crippen molar-refractivity contribution in [2.75, 3.05) is 14.2 Å². The van der Waals surface area contributed by atoms with Gasteiger partial charge in [-0.2, -0.15) is 0 Å². The van der Waals surface area contributed by atoms with E-state index in [2.05, 4.69) is 10.3 Å². The van der Waals surface area contributed by atoms with Crippen molar-refractivity contribution in [3.63, 3.8) is 0 Å². The molecule has 0 fully saturated rings. The van der Waals surface area contributed by atoms with E-state index in [1.165, 1.54) is 14.2 Å². The predicted molar refractivity (Wildman–Crippen MR) is 78.2 cm³/mol. The third-order valence-electron chi connectivity index (χ3n) is 2.86. The van der Waals surface area contributed by atoms with Gasteiger partial charge in [0.25, 0.3) is 5.91 Å². The fraction of sp³-hybridized carbons (Fsp3) is 0.188. The van der Waals surface area contributed by atoms with Gasteiger partial charge < -0.3 is 9.47 Å². The number of methoxy groups -OCH3 is 1. The SMILES string of the molecule is CONC(=O)c1ccc(OCc2ccccc2)c(OC)c1. The number of rotatable bonds is 6. The van der Waals surface area contributed by atoms with Crippen molar-refractivity contribution < 1.29 is 19.1 Å². The van der Waals surface area contributed by atoms with E-state index >= 15 is 0 Å². The number of nitrogens with one attached hydrogen (secondary N) is 1. The zero-order valence-corrected chi connectivity index (χ0v) is 12.0. The zero-order valence-electron chi connectivity index (χ0n) is 12.0. The summed E-state index contributed by atoms with van der Waals surface area (Å²) in [5.74, 6) is 0.732. The van der Waals surface area contributed by atoms with Crippen LogP contribution in [0.4, 0.5) is 0 Å². The van der Waals surface area contributed by atoms with E-state index in [1.807, 2.05) is 30.3 Å². The standard InChI is InChI=1S/C16H17NO4/c1-19-15-10-13(16(18)17-20-2)8-9-14(15)21-11-12-6-4-3-5-7-12/h3-10H,11H2,1-2H3,(H,17,18). The summed E-state index contributed by atoms with van der Waals surface area (Å²) in [7, 11) is 2.91. The average Bonchev–Trinajstić information content (AvgIpc) is 2.54. The molecule has 0 bridgehead atoms.